The lowest BCUT2D eigenvalue weighted by atomic mass is 9.61. The summed E-state index contributed by atoms with van der Waals surface area (Å²) < 4.78 is 46.2. The van der Waals surface area contributed by atoms with Crippen molar-refractivity contribution in [2.24, 2.45) is 53.3 Å². The van der Waals surface area contributed by atoms with E-state index < -0.39 is 61.6 Å². The maximum atomic E-state index is 12.7. The summed E-state index contributed by atoms with van der Waals surface area (Å²) in [5, 5.41) is 14.4. The van der Waals surface area contributed by atoms with Gasteiger partial charge >= 0.3 is 54.0 Å². The van der Waals surface area contributed by atoms with Crippen LogP contribution in [0.5, 0.6) is 0 Å². The molecule has 0 bridgehead atoms. The van der Waals surface area contributed by atoms with Crippen LogP contribution in [0, 0.1) is 43.3 Å². The maximum absolute atomic E-state index is 12.7. The number of hydrogen-bond donors (Lipinski definition) is 3. The molecule has 4 rings (SSSR count). The summed E-state index contributed by atoms with van der Waals surface area (Å²) in [6.07, 6.45) is 15.0. The van der Waals surface area contributed by atoms with Crippen molar-refractivity contribution in [3.63, 3.8) is 0 Å². The minimum atomic E-state index is -0.501. The molecule has 0 spiro atoms. The zero-order valence-electron chi connectivity index (χ0n) is 66.2. The van der Waals surface area contributed by atoms with Crippen LogP contribution in [0.25, 0.3) is 0 Å². The van der Waals surface area contributed by atoms with Gasteiger partial charge in [0.05, 0.1) is 38.5 Å². The van der Waals surface area contributed by atoms with E-state index in [9.17, 15) is 52.7 Å². The van der Waals surface area contributed by atoms with E-state index in [-0.39, 0.29) is 132 Å². The van der Waals surface area contributed by atoms with Crippen molar-refractivity contribution in [1.29, 1.82) is 0 Å². The third-order valence-electron chi connectivity index (χ3n) is 19.1. The number of alkyl carbamates (subject to hydrolysis) is 2. The van der Waals surface area contributed by atoms with Crippen molar-refractivity contribution in [3.8, 4) is 0 Å². The monoisotopic (exact) mass is 1550 g/mol. The molecule has 602 valence electrons. The van der Waals surface area contributed by atoms with Crippen molar-refractivity contribution in [2.45, 2.75) is 256 Å². The van der Waals surface area contributed by atoms with Crippen molar-refractivity contribution < 1.29 is 100 Å². The highest BCUT2D eigenvalue weighted by molar-refractivity contribution is 7.99. The average Bonchev–Trinajstić information content (AvgIpc) is 0.821. The molecule has 0 aliphatic heterocycles. The number of rotatable bonds is 40. The van der Waals surface area contributed by atoms with Crippen LogP contribution in [0.3, 0.4) is 0 Å². The first kappa shape index (κ1) is 95.9. The molecule has 4 aliphatic rings. The topological polar surface area (TPSA) is 340 Å². The van der Waals surface area contributed by atoms with Crippen molar-refractivity contribution >= 4 is 101 Å². The fraction of sp³-hybridized carbons (Fsp3) is 0.782. The Morgan fingerprint density at radius 3 is 0.953 bits per heavy atom. The molecule has 2 amide bonds. The number of ether oxygens (including phenoxy) is 9. The standard InChI is InChI=1S/C43H70N2O12S2.C27H42N2O6.C8H14O3S/c1-11-52-36(48)30(3)25-58-19-17-54-38(50)44-32-21-40(5,6)27-42(9,23-32)15-13-34(46)56-29-57-35(47)14-16-43(10)24-33(22-41(7,8)28-43)45-39(51)55-18-20-59-26-31(4)37(49)53-12-2;1-24(2)11-20(28-17-30)13-26(5,15-24)9-7-22(32)34-19-35-23(33)8-10-27(6)14-21(29-18-31)12-25(3,4)16-27;1-3-11-8(10)7(2)6-12-5-4-9/h32-33H,3-4,11-29H2,1-2,5-10H3,(H,44,50)(H,45,51);20-21H,7-16,19H2,1-6H3;9H,2-6H2,1H3. The van der Waals surface area contributed by atoms with E-state index in [0.717, 1.165) is 64.2 Å². The largest absolute Gasteiger partial charge is 0.463 e. The smallest absolute Gasteiger partial charge is 0.407 e. The molecule has 0 heterocycles. The highest BCUT2D eigenvalue weighted by Crippen LogP contribution is 2.52. The lowest BCUT2D eigenvalue weighted by molar-refractivity contribution is -0.170. The number of esters is 7. The van der Waals surface area contributed by atoms with Gasteiger partial charge in [-0.2, -0.15) is 35.3 Å². The van der Waals surface area contributed by atoms with Crippen LogP contribution in [0.4, 0.5) is 9.59 Å². The van der Waals surface area contributed by atoms with Gasteiger partial charge in [-0.25, -0.2) is 43.5 Å². The summed E-state index contributed by atoms with van der Waals surface area (Å²) in [6.45, 7) is 42.5. The summed E-state index contributed by atoms with van der Waals surface area (Å²) in [6, 6.07) is -0.411. The van der Waals surface area contributed by atoms with E-state index in [4.69, 9.17) is 47.7 Å². The second kappa shape index (κ2) is 47.0. The Morgan fingerprint density at radius 1 is 0.406 bits per heavy atom. The molecular formula is C78H126N4O21S3. The van der Waals surface area contributed by atoms with Gasteiger partial charge in [-0.05, 0) is 167 Å². The van der Waals surface area contributed by atoms with Crippen LogP contribution in [0.15, 0.2) is 46.4 Å². The fourth-order valence-corrected chi connectivity index (χ4v) is 18.3. The van der Waals surface area contributed by atoms with Crippen molar-refractivity contribution in [3.05, 3.63) is 36.5 Å². The van der Waals surface area contributed by atoms with Crippen LogP contribution < -0.4 is 10.6 Å². The van der Waals surface area contributed by atoms with Gasteiger partial charge in [-0.1, -0.05) is 103 Å². The normalized spacial score (nSPS) is 24.3. The van der Waals surface area contributed by atoms with E-state index >= 15 is 0 Å². The number of amides is 2. The Kier molecular flexibility index (Phi) is 42.5. The lowest BCUT2D eigenvalue weighted by Gasteiger charge is -2.46. The molecule has 3 N–H and O–H groups in total. The second-order valence-electron chi connectivity index (χ2n) is 33.1. The first-order chi connectivity index (χ1) is 49.5. The zero-order valence-corrected chi connectivity index (χ0v) is 68.7. The molecule has 0 radical (unpaired) electrons. The predicted molar refractivity (Wildman–Crippen MR) is 411 cm³/mol. The second-order valence-corrected chi connectivity index (χ2v) is 36.4. The number of aliphatic imine (C=N–C) groups is 2. The number of aliphatic hydroxyl groups excluding tert-OH is 1. The van der Waals surface area contributed by atoms with Crippen LogP contribution in [0.1, 0.15) is 232 Å². The first-order valence-corrected chi connectivity index (χ1v) is 40.5. The van der Waals surface area contributed by atoms with Gasteiger partial charge in [0.2, 0.25) is 25.7 Å². The van der Waals surface area contributed by atoms with E-state index in [1.54, 1.807) is 32.9 Å². The van der Waals surface area contributed by atoms with Gasteiger partial charge in [0.25, 0.3) is 0 Å². The molecule has 4 saturated carbocycles. The average molecular weight is 1550 g/mol. The molecular weight excluding hydrogens is 1430 g/mol. The number of nitrogens with one attached hydrogen (secondary N) is 2. The zero-order chi connectivity index (χ0) is 80.0. The number of thioether (sulfide) groups is 3. The van der Waals surface area contributed by atoms with Gasteiger partial charge in [-0.3, -0.25) is 19.2 Å². The SMILES string of the molecule is C=C(CSCCO)C(=O)OCC.C=C(CSCCOC(=O)NC1CC(C)(C)CC(C)(CCC(=O)OCOC(=O)CCC2(C)CC(NC(=O)OCCSCC(=C)C(=O)OCC)CC(C)(C)C2)C1)C(=O)OCC.CC1(C)CC(N=C=O)CC(C)(CCC(=O)OCOC(=O)CCC2(C)CC(N=C=O)CC(C)(C)C2)C1. The molecule has 0 aromatic heterocycles. The Morgan fingerprint density at radius 2 is 0.679 bits per heavy atom. The number of isocyanates is 2. The minimum absolute atomic E-state index is 0.0290. The van der Waals surface area contributed by atoms with Crippen molar-refractivity contribution in [2.75, 3.05) is 87.7 Å². The third kappa shape index (κ3) is 40.9. The van der Waals surface area contributed by atoms with E-state index in [1.807, 2.05) is 0 Å². The number of nitrogens with zero attached hydrogens (tertiary/aromatic N) is 2. The summed E-state index contributed by atoms with van der Waals surface area (Å²) in [7, 11) is 0. The quantitative estimate of drug-likeness (QED) is 0.00975. The van der Waals surface area contributed by atoms with Gasteiger partial charge < -0.3 is 58.4 Å². The summed E-state index contributed by atoms with van der Waals surface area (Å²) >= 11 is 4.33. The van der Waals surface area contributed by atoms with Gasteiger partial charge in [0.15, 0.2) is 0 Å². The molecule has 106 heavy (non-hydrogen) atoms. The maximum Gasteiger partial charge on any atom is 0.407 e. The van der Waals surface area contributed by atoms with Crippen LogP contribution >= 0.6 is 35.3 Å². The molecule has 0 aromatic rings. The van der Waals surface area contributed by atoms with Gasteiger partial charge in [0.1, 0.15) is 13.2 Å². The van der Waals surface area contributed by atoms with Gasteiger partial charge in [0, 0.05) is 89.0 Å². The molecule has 0 aromatic carbocycles. The number of aliphatic hydroxyl groups is 1. The Labute approximate surface area is 643 Å². The van der Waals surface area contributed by atoms with Crippen LogP contribution in [-0.2, 0) is 85.8 Å². The highest BCUT2D eigenvalue weighted by atomic mass is 32.2. The number of carbonyl (C=O) groups is 9. The number of hydrogen-bond acceptors (Lipinski definition) is 26. The molecule has 28 heteroatoms. The fourth-order valence-electron chi connectivity index (χ4n) is 16.3. The Hall–Kier alpha value is -6.18. The molecule has 4 fully saturated rings. The van der Waals surface area contributed by atoms with Gasteiger partial charge in [-0.15, -0.1) is 0 Å². The lowest BCUT2D eigenvalue weighted by Crippen LogP contribution is -2.47. The minimum Gasteiger partial charge on any atom is -0.463 e. The van der Waals surface area contributed by atoms with Crippen LogP contribution in [0.2, 0.25) is 0 Å². The van der Waals surface area contributed by atoms with Crippen molar-refractivity contribution in [1.82, 2.24) is 10.6 Å². The summed E-state index contributed by atoms with van der Waals surface area (Å²) in [5.74, 6) is 0.0260. The number of carbonyl (C=O) groups excluding carboxylic acids is 11. The highest BCUT2D eigenvalue weighted by Gasteiger charge is 2.46. The summed E-state index contributed by atoms with van der Waals surface area (Å²) in [4.78, 5) is 139. The van der Waals surface area contributed by atoms with Crippen LogP contribution in [-0.4, -0.2) is 183 Å². The third-order valence-corrected chi connectivity index (χ3v) is 22.2. The molecule has 0 saturated heterocycles. The van der Waals surface area contributed by atoms with E-state index in [0.29, 0.717) is 96.4 Å². The molecule has 25 nitrogen and oxygen atoms in total. The van der Waals surface area contributed by atoms with E-state index in [1.165, 1.54) is 35.3 Å². The predicted octanol–water partition coefficient (Wildman–Crippen LogP) is 14.2. The Bertz CT molecular complexity index is 2840. The van der Waals surface area contributed by atoms with E-state index in [2.05, 4.69) is 123 Å². The molecule has 4 aliphatic carbocycles. The summed E-state index contributed by atoms with van der Waals surface area (Å²) in [5.41, 5.74) is 0.343. The first-order valence-electron chi connectivity index (χ1n) is 37.0. The molecule has 8 atom stereocenters. The Balaban J connectivity index is 0.000000678. The molecule has 8 unspecified atom stereocenters.